The Morgan fingerprint density at radius 2 is 1.84 bits per heavy atom. The van der Waals surface area contributed by atoms with Gasteiger partial charge in [-0.2, -0.15) is 0 Å². The van der Waals surface area contributed by atoms with Gasteiger partial charge in [-0.1, -0.05) is 5.87 Å². The fraction of sp³-hybridized carbons (Fsp3) is 0.0714. The van der Waals surface area contributed by atoms with E-state index in [-0.39, 0.29) is 28.2 Å². The summed E-state index contributed by atoms with van der Waals surface area (Å²) in [6, 6.07) is 5.12. The summed E-state index contributed by atoms with van der Waals surface area (Å²) in [7, 11) is -0.439. The van der Waals surface area contributed by atoms with Gasteiger partial charge >= 0.3 is 0 Å². The number of hydrogen-bond acceptors (Lipinski definition) is 3. The van der Waals surface area contributed by atoms with Crippen LogP contribution >= 0.6 is 10.5 Å². The fourth-order valence-corrected chi connectivity index (χ4v) is 2.59. The van der Waals surface area contributed by atoms with Crippen LogP contribution in [-0.4, -0.2) is 23.7 Å². The molecule has 3 nitrogen and oxygen atoms in total. The number of rotatable bonds is 1. The summed E-state index contributed by atoms with van der Waals surface area (Å²) in [6.45, 7) is 0. The lowest BCUT2D eigenvalue weighted by Crippen LogP contribution is -2.19. The molecule has 2 aromatic rings. The summed E-state index contributed by atoms with van der Waals surface area (Å²) in [6.07, 6.45) is 1.83. The van der Waals surface area contributed by atoms with Crippen molar-refractivity contribution in [3.63, 3.8) is 0 Å². The monoisotopic (exact) mass is 276 g/mol. The molecule has 1 unspecified atom stereocenters. The lowest BCUT2D eigenvalue weighted by molar-refractivity contribution is 0.0957. The van der Waals surface area contributed by atoms with E-state index in [2.05, 4.69) is 5.87 Å². The zero-order valence-electron chi connectivity index (χ0n) is 10.0. The molecule has 0 N–H and O–H groups in total. The third-order valence-corrected chi connectivity index (χ3v) is 3.86. The minimum Gasteiger partial charge on any atom is -0.446 e. The normalized spacial score (nSPS) is 15.1. The molecule has 19 heavy (non-hydrogen) atoms. The number of fused-ring (bicyclic) bond motifs is 2. The first-order chi connectivity index (χ1) is 8.99. The van der Waals surface area contributed by atoms with Gasteiger partial charge in [0.05, 0.1) is 5.56 Å². The average Bonchev–Trinajstić information content (AvgIpc) is 2.81. The maximum absolute atomic E-state index is 13.2. The van der Waals surface area contributed by atoms with Crippen LogP contribution in [0.5, 0.6) is 0 Å². The van der Waals surface area contributed by atoms with E-state index in [0.717, 1.165) is 6.07 Å². The summed E-state index contributed by atoms with van der Waals surface area (Å²) >= 11 is 0. The first-order valence-corrected chi connectivity index (χ1v) is 7.27. The van der Waals surface area contributed by atoms with Crippen LogP contribution in [0.2, 0.25) is 0 Å². The van der Waals surface area contributed by atoms with Gasteiger partial charge in [0.15, 0.2) is 16.6 Å². The van der Waals surface area contributed by atoms with Gasteiger partial charge in [0, 0.05) is 17.2 Å². The number of hydrogen-bond donors (Lipinski definition) is 0. The molecule has 1 aromatic carbocycles. The van der Waals surface area contributed by atoms with E-state index >= 15 is 0 Å². The van der Waals surface area contributed by atoms with E-state index < -0.39 is 22.1 Å². The average molecular weight is 276 g/mol. The summed E-state index contributed by atoms with van der Waals surface area (Å²) in [5, 5.41) is 0.500. The Balaban J connectivity index is 2.26. The Hall–Kier alpha value is -2.01. The summed E-state index contributed by atoms with van der Waals surface area (Å²) in [5.74, 6) is 2.48. The second-order valence-electron chi connectivity index (χ2n) is 4.29. The van der Waals surface area contributed by atoms with E-state index in [9.17, 15) is 14.0 Å². The van der Waals surface area contributed by atoms with Gasteiger partial charge in [-0.25, -0.2) is 4.39 Å². The van der Waals surface area contributed by atoms with Gasteiger partial charge in [0.1, 0.15) is 5.82 Å². The highest BCUT2D eigenvalue weighted by atomic mass is 32.2. The smallest absolute Gasteiger partial charge is 0.229 e. The molecule has 1 heterocycles. The molecule has 1 atom stereocenters. The first-order valence-electron chi connectivity index (χ1n) is 5.47. The van der Waals surface area contributed by atoms with Gasteiger partial charge in [0.25, 0.3) is 0 Å². The first kappa shape index (κ1) is 12.0. The number of carbonyl (C=O) groups excluding carboxylic acids is 2. The molecule has 3 rings (SSSR count). The molecule has 0 radical (unpaired) electrons. The highest BCUT2D eigenvalue weighted by Gasteiger charge is 2.33. The van der Waals surface area contributed by atoms with Crippen molar-refractivity contribution in [2.24, 2.45) is 0 Å². The Bertz CT molecular complexity index is 758. The van der Waals surface area contributed by atoms with Crippen molar-refractivity contribution >= 4 is 27.9 Å². The summed E-state index contributed by atoms with van der Waals surface area (Å²) < 4.78 is 18.6. The van der Waals surface area contributed by atoms with Crippen molar-refractivity contribution in [1.29, 1.82) is 0 Å². The molecule has 0 saturated heterocycles. The topological polar surface area (TPSA) is 47.3 Å². The maximum Gasteiger partial charge on any atom is 0.229 e. The molecule has 0 aliphatic heterocycles. The number of ketones is 2. The molecule has 1 aliphatic rings. The Kier molecular flexibility index (Phi) is 2.53. The third kappa shape index (κ3) is 1.69. The lowest BCUT2D eigenvalue weighted by Gasteiger charge is -2.12. The minimum absolute atomic E-state index is 0.0129. The van der Waals surface area contributed by atoms with Gasteiger partial charge < -0.3 is 4.42 Å². The Labute approximate surface area is 111 Å². The van der Waals surface area contributed by atoms with Crippen LogP contribution in [-0.2, 0) is 0 Å². The quantitative estimate of drug-likeness (QED) is 0.642. The lowest BCUT2D eigenvalue weighted by atomic mass is 9.88. The second kappa shape index (κ2) is 3.99. The molecule has 0 spiro atoms. The molecule has 0 saturated carbocycles. The molecule has 0 bridgehead atoms. The van der Waals surface area contributed by atoms with Crippen LogP contribution in [0.25, 0.3) is 0 Å². The van der Waals surface area contributed by atoms with Crippen LogP contribution in [0.3, 0.4) is 0 Å². The van der Waals surface area contributed by atoms with Crippen molar-refractivity contribution in [2.75, 3.05) is 6.26 Å². The van der Waals surface area contributed by atoms with E-state index in [4.69, 9.17) is 4.42 Å². The van der Waals surface area contributed by atoms with Gasteiger partial charge in [-0.3, -0.25) is 9.59 Å². The predicted molar refractivity (Wildman–Crippen MR) is 70.9 cm³/mol. The van der Waals surface area contributed by atoms with Crippen LogP contribution in [0.15, 0.2) is 33.8 Å². The van der Waals surface area contributed by atoms with Crippen molar-refractivity contribution in [3.8, 4) is 0 Å². The van der Waals surface area contributed by atoms with Crippen LogP contribution in [0.1, 0.15) is 32.0 Å². The van der Waals surface area contributed by atoms with Crippen LogP contribution in [0, 0.1) is 5.82 Å². The van der Waals surface area contributed by atoms with Crippen molar-refractivity contribution in [1.82, 2.24) is 0 Å². The predicted octanol–water partition coefficient (Wildman–Crippen LogP) is 2.88. The van der Waals surface area contributed by atoms with Gasteiger partial charge in [-0.15, -0.1) is 10.5 Å². The SMILES string of the molecule is C=S(C)c1cc2c(o1)C(=O)c1cc(F)ccc1C2=O. The van der Waals surface area contributed by atoms with Crippen molar-refractivity contribution < 1.29 is 18.4 Å². The number of benzene rings is 1. The van der Waals surface area contributed by atoms with Crippen LogP contribution in [0.4, 0.5) is 4.39 Å². The molecule has 0 amide bonds. The molecule has 1 aromatic heterocycles. The van der Waals surface area contributed by atoms with Gasteiger partial charge in [0.2, 0.25) is 5.78 Å². The highest BCUT2D eigenvalue weighted by Crippen LogP contribution is 2.34. The van der Waals surface area contributed by atoms with Gasteiger partial charge in [-0.05, 0) is 24.5 Å². The Morgan fingerprint density at radius 3 is 2.53 bits per heavy atom. The van der Waals surface area contributed by atoms with Crippen LogP contribution < -0.4 is 0 Å². The van der Waals surface area contributed by atoms with E-state index in [1.54, 1.807) is 6.07 Å². The third-order valence-electron chi connectivity index (χ3n) is 2.97. The van der Waals surface area contributed by atoms with E-state index in [1.165, 1.54) is 12.1 Å². The molecule has 0 fully saturated rings. The zero-order chi connectivity index (χ0) is 13.7. The van der Waals surface area contributed by atoms with Crippen molar-refractivity contribution in [3.05, 3.63) is 52.5 Å². The number of halogens is 1. The standard InChI is InChI=1S/C14H9FO3S/c1-19(2)11-6-10-12(16)8-4-3-7(15)5-9(8)13(17)14(10)18-11/h3-6H,1H2,2H3. The molecule has 1 aliphatic carbocycles. The summed E-state index contributed by atoms with van der Waals surface area (Å²) in [5.41, 5.74) is 0.506. The maximum atomic E-state index is 13.2. The molecular weight excluding hydrogens is 267 g/mol. The van der Waals surface area contributed by atoms with Crippen molar-refractivity contribution in [2.45, 2.75) is 5.09 Å². The molecule has 96 valence electrons. The Morgan fingerprint density at radius 1 is 1.11 bits per heavy atom. The zero-order valence-corrected chi connectivity index (χ0v) is 10.8. The minimum atomic E-state index is -0.553. The number of carbonyl (C=O) groups is 2. The largest absolute Gasteiger partial charge is 0.446 e. The summed E-state index contributed by atoms with van der Waals surface area (Å²) in [4.78, 5) is 24.5. The highest BCUT2D eigenvalue weighted by molar-refractivity contribution is 8.13. The second-order valence-corrected chi connectivity index (χ2v) is 5.97. The molecule has 5 heteroatoms. The fourth-order valence-electron chi connectivity index (χ4n) is 2.05. The molecular formula is C14H9FO3S. The number of furan rings is 1. The van der Waals surface area contributed by atoms with E-state index in [0.29, 0.717) is 5.09 Å². The van der Waals surface area contributed by atoms with E-state index in [1.807, 2.05) is 6.26 Å².